The molecule has 2 aromatic heterocycles. The highest BCUT2D eigenvalue weighted by Gasteiger charge is 2.33. The summed E-state index contributed by atoms with van der Waals surface area (Å²) < 4.78 is 7.00. The van der Waals surface area contributed by atoms with Gasteiger partial charge in [0.15, 0.2) is 0 Å². The quantitative estimate of drug-likeness (QED) is 0.125. The van der Waals surface area contributed by atoms with E-state index in [2.05, 4.69) is 36.1 Å². The van der Waals surface area contributed by atoms with Gasteiger partial charge in [-0.2, -0.15) is 0 Å². The predicted octanol–water partition coefficient (Wildman–Crippen LogP) is 2.83. The van der Waals surface area contributed by atoms with Crippen LogP contribution in [0.1, 0.15) is 56.2 Å². The molecule has 15 heteroatoms. The topological polar surface area (TPSA) is 180 Å². The normalized spacial score (nSPS) is 17.7. The molecule has 0 radical (unpaired) electrons. The van der Waals surface area contributed by atoms with Crippen LogP contribution in [-0.2, 0) is 39.0 Å². The molecule has 1 aliphatic carbocycles. The molecule has 3 heterocycles. The molecule has 14 nitrogen and oxygen atoms in total. The number of ether oxygens (including phenoxy) is 1. The first-order valence-electron chi connectivity index (χ1n) is 18.3. The van der Waals surface area contributed by atoms with E-state index in [0.717, 1.165) is 42.0 Å². The van der Waals surface area contributed by atoms with Crippen LogP contribution in [0.5, 0.6) is 0 Å². The molecule has 2 aromatic carbocycles. The number of H-pyrrole nitrogens is 1. The predicted molar refractivity (Wildman–Crippen MR) is 196 cm³/mol. The molecule has 4 unspecified atom stereocenters. The minimum Gasteiger partial charge on any atom is -0.390 e. The van der Waals surface area contributed by atoms with Gasteiger partial charge in [-0.1, -0.05) is 86.3 Å². The Kier molecular flexibility index (Phi) is 13.3. The smallest absolute Gasteiger partial charge is 0.243 e. The van der Waals surface area contributed by atoms with E-state index in [-0.39, 0.29) is 30.4 Å². The third kappa shape index (κ3) is 10.2. The summed E-state index contributed by atoms with van der Waals surface area (Å²) in [5.41, 5.74) is 1.55. The monoisotopic (exact) mass is 731 g/mol. The highest BCUT2D eigenvalue weighted by atomic mass is 32.2. The second kappa shape index (κ2) is 18.4. The number of tetrazole rings is 1. The van der Waals surface area contributed by atoms with Gasteiger partial charge in [-0.25, -0.2) is 9.67 Å². The Labute approximate surface area is 307 Å². The van der Waals surface area contributed by atoms with Crippen molar-refractivity contribution in [3.05, 3.63) is 66.2 Å². The van der Waals surface area contributed by atoms with Crippen molar-refractivity contribution < 1.29 is 24.2 Å². The van der Waals surface area contributed by atoms with Crippen LogP contribution >= 0.6 is 11.8 Å². The fraction of sp³-hybridized carbons (Fsp3) is 0.541. The lowest BCUT2D eigenvalue weighted by Crippen LogP contribution is -2.55. The van der Waals surface area contributed by atoms with E-state index in [4.69, 9.17) is 4.74 Å². The molecule has 2 aliphatic rings. The minimum absolute atomic E-state index is 0.0110. The number of thioether (sulfide) groups is 1. The summed E-state index contributed by atoms with van der Waals surface area (Å²) in [4.78, 5) is 51.2. The second-order valence-electron chi connectivity index (χ2n) is 13.9. The molecule has 4 aromatic rings. The Bertz CT molecular complexity index is 1750. The number of rotatable bonds is 16. The molecule has 278 valence electrons. The zero-order chi connectivity index (χ0) is 36.3. The molecule has 1 aliphatic heterocycles. The summed E-state index contributed by atoms with van der Waals surface area (Å²) in [6.45, 7) is 1.86. The summed E-state index contributed by atoms with van der Waals surface area (Å²) in [5.74, 6) is -1.02. The molecule has 1 saturated heterocycles. The fourth-order valence-electron chi connectivity index (χ4n) is 7.25. The Morgan fingerprint density at radius 1 is 1.02 bits per heavy atom. The number of hydrogen-bond donors (Lipinski definition) is 4. The Morgan fingerprint density at radius 2 is 1.81 bits per heavy atom. The zero-order valence-corrected chi connectivity index (χ0v) is 30.5. The molecule has 52 heavy (non-hydrogen) atoms. The summed E-state index contributed by atoms with van der Waals surface area (Å²) in [5, 5.41) is 31.8. The summed E-state index contributed by atoms with van der Waals surface area (Å²) in [6.07, 6.45) is 8.92. The van der Waals surface area contributed by atoms with Crippen molar-refractivity contribution >= 4 is 40.3 Å². The van der Waals surface area contributed by atoms with Crippen LogP contribution in [0.3, 0.4) is 0 Å². The number of morpholine rings is 1. The van der Waals surface area contributed by atoms with Crippen LogP contribution in [0.15, 0.2) is 60.1 Å². The maximum atomic E-state index is 14.4. The number of aliphatic hydroxyl groups is 1. The maximum absolute atomic E-state index is 14.4. The van der Waals surface area contributed by atoms with Gasteiger partial charge in [-0.3, -0.25) is 14.4 Å². The first-order valence-corrected chi connectivity index (χ1v) is 19.3. The number of hydrogen-bond acceptors (Lipinski definition) is 10. The van der Waals surface area contributed by atoms with Gasteiger partial charge in [-0.05, 0) is 45.5 Å². The van der Waals surface area contributed by atoms with Gasteiger partial charge >= 0.3 is 0 Å². The minimum atomic E-state index is -0.999. The number of fused-ring (bicyclic) bond motifs is 1. The molecular formula is C37H49N9O5S. The van der Waals surface area contributed by atoms with Gasteiger partial charge in [0, 0.05) is 44.9 Å². The number of carbonyl (C=O) groups is 3. The molecule has 4 atom stereocenters. The second-order valence-corrected chi connectivity index (χ2v) is 14.9. The molecule has 3 amide bonds. The van der Waals surface area contributed by atoms with Crippen LogP contribution in [0.4, 0.5) is 0 Å². The van der Waals surface area contributed by atoms with Crippen molar-refractivity contribution in [2.24, 2.45) is 18.9 Å². The number of nitrogens with zero attached hydrogens (tertiary/aromatic N) is 6. The van der Waals surface area contributed by atoms with Gasteiger partial charge < -0.3 is 30.4 Å². The molecule has 2 fully saturated rings. The number of aliphatic hydroxyl groups excluding tert-OH is 1. The van der Waals surface area contributed by atoms with Gasteiger partial charge in [-0.15, -0.1) is 5.10 Å². The van der Waals surface area contributed by atoms with Crippen LogP contribution in [-0.4, -0.2) is 108 Å². The first kappa shape index (κ1) is 37.4. The number of aryl methyl sites for hydroxylation is 1. The average molecular weight is 732 g/mol. The van der Waals surface area contributed by atoms with E-state index in [0.29, 0.717) is 55.9 Å². The van der Waals surface area contributed by atoms with Gasteiger partial charge in [0.2, 0.25) is 22.9 Å². The van der Waals surface area contributed by atoms with Crippen molar-refractivity contribution in [3.63, 3.8) is 0 Å². The Hall–Kier alpha value is -4.34. The van der Waals surface area contributed by atoms with E-state index in [1.165, 1.54) is 24.5 Å². The standard InChI is InChI=1S/C37H49N9O5S/c1-45-37(42-43-44-45)52-23-33(47)31(18-25-8-3-2-4-9-25)40-36(50)32(21-29-22-38-24-39-29)41-35(49)28(20-34(48)46-14-16-51-17-15-46)19-27-12-7-11-26-10-5-6-13-30(26)27/h5-7,10-13,22,24-25,28,31-33,47H,2-4,8-9,14-21,23H2,1H3,(H,38,39)(H,40,50)(H,41,49). The SMILES string of the molecule is Cn1nnnc1SCC(O)C(CC1CCCCC1)NC(=O)C(Cc1c[nH]cn1)NC(=O)C(CC(=O)N1CCOCC1)Cc1cccc2ccccc12. The lowest BCUT2D eigenvalue weighted by atomic mass is 9.83. The Balaban J connectivity index is 1.22. The highest BCUT2D eigenvalue weighted by molar-refractivity contribution is 7.99. The van der Waals surface area contributed by atoms with Crippen LogP contribution in [0.2, 0.25) is 0 Å². The number of nitrogens with one attached hydrogen (secondary N) is 3. The van der Waals surface area contributed by atoms with Gasteiger partial charge in [0.05, 0.1) is 43.3 Å². The third-order valence-electron chi connectivity index (χ3n) is 10.2. The van der Waals surface area contributed by atoms with Gasteiger partial charge in [0.25, 0.3) is 0 Å². The molecule has 4 N–H and O–H groups in total. The van der Waals surface area contributed by atoms with E-state index in [9.17, 15) is 19.5 Å². The number of aromatic amines is 1. The summed E-state index contributed by atoms with van der Waals surface area (Å²) >= 11 is 1.32. The van der Waals surface area contributed by atoms with E-state index >= 15 is 0 Å². The number of aromatic nitrogens is 6. The third-order valence-corrected chi connectivity index (χ3v) is 11.3. The number of benzene rings is 2. The molecule has 0 spiro atoms. The molecule has 6 rings (SSSR count). The van der Waals surface area contributed by atoms with Crippen LogP contribution in [0, 0.1) is 11.8 Å². The Morgan fingerprint density at radius 3 is 2.56 bits per heavy atom. The summed E-state index contributed by atoms with van der Waals surface area (Å²) in [7, 11) is 1.74. The van der Waals surface area contributed by atoms with Crippen molar-refractivity contribution in [2.75, 3.05) is 32.1 Å². The molecule has 0 bridgehead atoms. The van der Waals surface area contributed by atoms with Crippen molar-refractivity contribution in [1.29, 1.82) is 0 Å². The number of carbonyl (C=O) groups excluding carboxylic acids is 3. The van der Waals surface area contributed by atoms with Crippen molar-refractivity contribution in [1.82, 2.24) is 45.7 Å². The molecule has 1 saturated carbocycles. The zero-order valence-electron chi connectivity index (χ0n) is 29.7. The number of imidazole rings is 1. The average Bonchev–Trinajstić information content (AvgIpc) is 3.85. The maximum Gasteiger partial charge on any atom is 0.243 e. The van der Waals surface area contributed by atoms with E-state index < -0.39 is 30.0 Å². The van der Waals surface area contributed by atoms with Crippen LogP contribution < -0.4 is 10.6 Å². The van der Waals surface area contributed by atoms with Crippen LogP contribution in [0.25, 0.3) is 10.8 Å². The fourth-order valence-corrected chi connectivity index (χ4v) is 8.12. The van der Waals surface area contributed by atoms with E-state index in [1.807, 2.05) is 42.5 Å². The molecular weight excluding hydrogens is 683 g/mol. The van der Waals surface area contributed by atoms with Crippen molar-refractivity contribution in [2.45, 2.75) is 81.1 Å². The first-order chi connectivity index (χ1) is 25.3. The highest BCUT2D eigenvalue weighted by Crippen LogP contribution is 2.29. The number of amides is 3. The summed E-state index contributed by atoms with van der Waals surface area (Å²) in [6, 6.07) is 12.4. The largest absolute Gasteiger partial charge is 0.390 e. The van der Waals surface area contributed by atoms with E-state index in [1.54, 1.807) is 22.8 Å². The van der Waals surface area contributed by atoms with Crippen molar-refractivity contribution in [3.8, 4) is 0 Å². The lowest BCUT2D eigenvalue weighted by Gasteiger charge is -2.32. The van der Waals surface area contributed by atoms with Gasteiger partial charge in [0.1, 0.15) is 6.04 Å². The lowest BCUT2D eigenvalue weighted by molar-refractivity contribution is -0.140.